The standard InChI is InChI=1S/C14H27NO3S/c1-4-18-13-11-12(14(13)7-5-6-8-14)15(2)9-10-19(3,16)17/h12-13H,4-11H2,1-3H3/t12-,13+/m1/s1. The summed E-state index contributed by atoms with van der Waals surface area (Å²) >= 11 is 0. The van der Waals surface area contributed by atoms with E-state index in [1.54, 1.807) is 0 Å². The van der Waals surface area contributed by atoms with E-state index in [1.165, 1.54) is 31.9 Å². The fourth-order valence-corrected chi connectivity index (χ4v) is 4.55. The second-order valence-corrected chi connectivity index (χ2v) is 8.51. The van der Waals surface area contributed by atoms with Crippen LogP contribution in [0, 0.1) is 5.41 Å². The van der Waals surface area contributed by atoms with Crippen LogP contribution in [0.2, 0.25) is 0 Å². The molecule has 0 N–H and O–H groups in total. The Morgan fingerprint density at radius 1 is 1.32 bits per heavy atom. The van der Waals surface area contributed by atoms with Gasteiger partial charge in [-0.25, -0.2) is 8.42 Å². The van der Waals surface area contributed by atoms with Crippen molar-refractivity contribution in [1.82, 2.24) is 4.90 Å². The Bertz CT molecular complexity index is 401. The number of rotatable bonds is 6. The van der Waals surface area contributed by atoms with E-state index in [-0.39, 0.29) is 5.75 Å². The zero-order valence-electron chi connectivity index (χ0n) is 12.4. The van der Waals surface area contributed by atoms with Crippen LogP contribution in [0.25, 0.3) is 0 Å². The average molecular weight is 289 g/mol. The fourth-order valence-electron chi connectivity index (χ4n) is 3.93. The zero-order chi connectivity index (χ0) is 14.1. The van der Waals surface area contributed by atoms with Crippen LogP contribution in [0.5, 0.6) is 0 Å². The monoisotopic (exact) mass is 289 g/mol. The van der Waals surface area contributed by atoms with E-state index in [2.05, 4.69) is 18.9 Å². The number of hydrogen-bond acceptors (Lipinski definition) is 4. The molecule has 2 aliphatic carbocycles. The lowest BCUT2D eigenvalue weighted by Gasteiger charge is -2.57. The molecule has 1 spiro atoms. The maximum absolute atomic E-state index is 11.3. The molecule has 2 atom stereocenters. The molecule has 0 aromatic heterocycles. The van der Waals surface area contributed by atoms with Crippen LogP contribution in [0.4, 0.5) is 0 Å². The van der Waals surface area contributed by atoms with E-state index in [9.17, 15) is 8.42 Å². The van der Waals surface area contributed by atoms with Crippen LogP contribution in [-0.4, -0.2) is 57.7 Å². The fraction of sp³-hybridized carbons (Fsp3) is 1.00. The minimum atomic E-state index is -2.87. The van der Waals surface area contributed by atoms with Gasteiger partial charge in [-0.05, 0) is 33.2 Å². The van der Waals surface area contributed by atoms with E-state index in [0.29, 0.717) is 24.1 Å². The van der Waals surface area contributed by atoms with Gasteiger partial charge in [-0.15, -0.1) is 0 Å². The van der Waals surface area contributed by atoms with Gasteiger partial charge in [-0.2, -0.15) is 0 Å². The molecule has 2 saturated carbocycles. The minimum Gasteiger partial charge on any atom is -0.378 e. The second-order valence-electron chi connectivity index (χ2n) is 6.25. The van der Waals surface area contributed by atoms with Gasteiger partial charge in [0.1, 0.15) is 9.84 Å². The summed E-state index contributed by atoms with van der Waals surface area (Å²) in [5, 5.41) is 0. The van der Waals surface area contributed by atoms with E-state index >= 15 is 0 Å². The second kappa shape index (κ2) is 5.70. The highest BCUT2D eigenvalue weighted by atomic mass is 32.2. The van der Waals surface area contributed by atoms with Gasteiger partial charge in [-0.1, -0.05) is 12.8 Å². The molecule has 0 aromatic carbocycles. The summed E-state index contributed by atoms with van der Waals surface area (Å²) in [5.74, 6) is 0.259. The van der Waals surface area contributed by atoms with Crippen LogP contribution in [0.15, 0.2) is 0 Å². The number of hydrogen-bond donors (Lipinski definition) is 0. The summed E-state index contributed by atoms with van der Waals surface area (Å²) in [4.78, 5) is 2.25. The van der Waals surface area contributed by atoms with Gasteiger partial charge in [0, 0.05) is 30.9 Å². The van der Waals surface area contributed by atoms with E-state index in [1.807, 2.05) is 0 Å². The molecule has 0 unspecified atom stereocenters. The zero-order valence-corrected chi connectivity index (χ0v) is 13.2. The van der Waals surface area contributed by atoms with Crippen molar-refractivity contribution in [1.29, 1.82) is 0 Å². The van der Waals surface area contributed by atoms with Gasteiger partial charge < -0.3 is 9.64 Å². The van der Waals surface area contributed by atoms with Gasteiger partial charge in [0.05, 0.1) is 11.9 Å². The van der Waals surface area contributed by atoms with Crippen LogP contribution in [0.1, 0.15) is 39.0 Å². The summed E-state index contributed by atoms with van der Waals surface area (Å²) in [7, 11) is -0.801. The highest BCUT2D eigenvalue weighted by molar-refractivity contribution is 7.90. The van der Waals surface area contributed by atoms with Crippen LogP contribution >= 0.6 is 0 Å². The lowest BCUT2D eigenvalue weighted by atomic mass is 9.60. The van der Waals surface area contributed by atoms with Crippen molar-refractivity contribution < 1.29 is 13.2 Å². The first-order chi connectivity index (χ1) is 8.89. The van der Waals surface area contributed by atoms with Crippen molar-refractivity contribution in [2.75, 3.05) is 32.2 Å². The van der Waals surface area contributed by atoms with Crippen molar-refractivity contribution in [3.05, 3.63) is 0 Å². The van der Waals surface area contributed by atoms with Crippen molar-refractivity contribution in [3.8, 4) is 0 Å². The molecule has 2 aliphatic rings. The molecule has 4 nitrogen and oxygen atoms in total. The van der Waals surface area contributed by atoms with E-state index < -0.39 is 9.84 Å². The van der Waals surface area contributed by atoms with Gasteiger partial charge in [0.2, 0.25) is 0 Å². The lowest BCUT2D eigenvalue weighted by Crippen LogP contribution is -2.63. The summed E-state index contributed by atoms with van der Waals surface area (Å²) in [5.41, 5.74) is 0.308. The Balaban J connectivity index is 1.97. The average Bonchev–Trinajstić information content (AvgIpc) is 2.82. The lowest BCUT2D eigenvalue weighted by molar-refractivity contribution is -0.159. The number of nitrogens with zero attached hydrogens (tertiary/aromatic N) is 1. The third-order valence-corrected chi connectivity index (χ3v) is 5.92. The van der Waals surface area contributed by atoms with Crippen LogP contribution in [-0.2, 0) is 14.6 Å². The first-order valence-electron chi connectivity index (χ1n) is 7.38. The summed E-state index contributed by atoms with van der Waals surface area (Å²) in [6.45, 7) is 3.49. The van der Waals surface area contributed by atoms with E-state index in [0.717, 1.165) is 13.0 Å². The van der Waals surface area contributed by atoms with Gasteiger partial charge >= 0.3 is 0 Å². The molecule has 0 saturated heterocycles. The normalized spacial score (nSPS) is 29.9. The first kappa shape index (κ1) is 15.3. The third kappa shape index (κ3) is 3.14. The smallest absolute Gasteiger partial charge is 0.148 e. The Hall–Kier alpha value is -0.130. The number of sulfone groups is 1. The molecular formula is C14H27NO3S. The molecule has 0 heterocycles. The Labute approximate surface area is 117 Å². The molecule has 0 aromatic rings. The van der Waals surface area contributed by atoms with Crippen molar-refractivity contribution in [2.24, 2.45) is 5.41 Å². The predicted molar refractivity (Wildman–Crippen MR) is 77.1 cm³/mol. The van der Waals surface area contributed by atoms with Crippen LogP contribution < -0.4 is 0 Å². The van der Waals surface area contributed by atoms with Crippen molar-refractivity contribution in [2.45, 2.75) is 51.2 Å². The van der Waals surface area contributed by atoms with Crippen molar-refractivity contribution in [3.63, 3.8) is 0 Å². The quantitative estimate of drug-likeness (QED) is 0.747. The Morgan fingerprint density at radius 3 is 2.47 bits per heavy atom. The molecule has 5 heteroatoms. The summed E-state index contributed by atoms with van der Waals surface area (Å²) in [6.07, 6.45) is 7.84. The molecule has 0 bridgehead atoms. The molecule has 0 amide bonds. The number of ether oxygens (including phenoxy) is 1. The molecule has 0 radical (unpaired) electrons. The highest BCUT2D eigenvalue weighted by Crippen LogP contribution is 2.56. The van der Waals surface area contributed by atoms with Gasteiger partial charge in [-0.3, -0.25) is 0 Å². The molecule has 2 rings (SSSR count). The topological polar surface area (TPSA) is 46.6 Å². The summed E-state index contributed by atoms with van der Waals surface area (Å²) < 4.78 is 28.5. The molecule has 112 valence electrons. The molecule has 19 heavy (non-hydrogen) atoms. The SMILES string of the molecule is CCO[C@H]1C[C@@H](N(C)CCS(C)(=O)=O)C12CCCC2. The molecular weight excluding hydrogens is 262 g/mol. The van der Waals surface area contributed by atoms with Crippen LogP contribution in [0.3, 0.4) is 0 Å². The minimum absolute atomic E-state index is 0.259. The van der Waals surface area contributed by atoms with E-state index in [4.69, 9.17) is 4.74 Å². The Kier molecular flexibility index (Phi) is 4.58. The van der Waals surface area contributed by atoms with Gasteiger partial charge in [0.25, 0.3) is 0 Å². The predicted octanol–water partition coefficient (Wildman–Crippen LogP) is 1.70. The summed E-state index contributed by atoms with van der Waals surface area (Å²) in [6, 6.07) is 0.508. The highest BCUT2D eigenvalue weighted by Gasteiger charge is 2.57. The maximum atomic E-state index is 11.3. The first-order valence-corrected chi connectivity index (χ1v) is 9.44. The molecule has 2 fully saturated rings. The van der Waals surface area contributed by atoms with Crippen molar-refractivity contribution >= 4 is 9.84 Å². The largest absolute Gasteiger partial charge is 0.378 e. The Morgan fingerprint density at radius 2 is 1.95 bits per heavy atom. The maximum Gasteiger partial charge on any atom is 0.148 e. The van der Waals surface area contributed by atoms with Gasteiger partial charge in [0.15, 0.2) is 0 Å². The third-order valence-electron chi connectivity index (χ3n) is 4.99. The molecule has 0 aliphatic heterocycles.